The van der Waals surface area contributed by atoms with Crippen molar-refractivity contribution in [1.29, 1.82) is 0 Å². The average molecular weight is 455 g/mol. The summed E-state index contributed by atoms with van der Waals surface area (Å²) in [4.78, 5) is 0. The van der Waals surface area contributed by atoms with E-state index in [0.29, 0.717) is 0 Å². The van der Waals surface area contributed by atoms with Gasteiger partial charge in [0, 0.05) is 18.2 Å². The summed E-state index contributed by atoms with van der Waals surface area (Å²) in [5.41, 5.74) is 0.356. The van der Waals surface area contributed by atoms with Gasteiger partial charge in [-0.05, 0) is 12.1 Å². The molecule has 1 aliphatic heterocycles. The second kappa shape index (κ2) is 8.61. The van der Waals surface area contributed by atoms with Gasteiger partial charge in [0.15, 0.2) is 11.5 Å². The van der Waals surface area contributed by atoms with Gasteiger partial charge in [0.25, 0.3) is 0 Å². The number of rotatable bonds is 3. The van der Waals surface area contributed by atoms with E-state index in [9.17, 15) is 35.7 Å². The van der Waals surface area contributed by atoms with Crippen LogP contribution in [0.3, 0.4) is 0 Å². The van der Waals surface area contributed by atoms with Gasteiger partial charge >= 0.3 is 11.3 Å². The lowest BCUT2D eigenvalue weighted by Gasteiger charge is -2.34. The Kier molecular flexibility index (Phi) is 6.30. The van der Waals surface area contributed by atoms with Crippen LogP contribution in [0, 0.1) is 0 Å². The quantitative estimate of drug-likeness (QED) is 0.174. The minimum atomic E-state index is -1.56. The number of fused-ring (bicyclic) bond motifs is 1. The van der Waals surface area contributed by atoms with Crippen LogP contribution in [0.1, 0.15) is 0 Å². The fraction of sp³-hybridized carbons (Fsp3) is 0.250. The second-order valence-electron chi connectivity index (χ2n) is 6.89. The van der Waals surface area contributed by atoms with Crippen molar-refractivity contribution in [1.82, 2.24) is 0 Å². The fourth-order valence-corrected chi connectivity index (χ4v) is 3.16. The number of benzene rings is 2. The maximum atomic E-state index is 10.4. The van der Waals surface area contributed by atoms with Gasteiger partial charge in [-0.3, -0.25) is 0 Å². The maximum absolute atomic E-state index is 10.4. The number of phenols is 3. The first-order valence-corrected chi connectivity index (χ1v) is 8.92. The zero-order valence-corrected chi connectivity index (χ0v) is 16.5. The highest BCUT2D eigenvalue weighted by Gasteiger charge is 2.39. The van der Waals surface area contributed by atoms with Crippen molar-refractivity contribution in [2.24, 2.45) is 0 Å². The fourth-order valence-electron chi connectivity index (χ4n) is 3.16. The van der Waals surface area contributed by atoms with E-state index >= 15 is 0 Å². The average Bonchev–Trinajstić information content (AvgIpc) is 2.70. The Morgan fingerprint density at radius 2 is 1.61 bits per heavy atom. The van der Waals surface area contributed by atoms with Crippen molar-refractivity contribution in [3.05, 3.63) is 36.4 Å². The minimum absolute atomic E-state index is 0. The standard InChI is InChI=1S/C20H18O10.ClH/c21-9-4-15-10(16(5-9)30-20-18(27)17(26)14(25)7-28-20)6-13(24)19(29-15)8-1-2-11(22)12(23)3-8;/h1-6,14,17-18,20,25-27H,7H2,(H3-,21,22,23,24);1H/t14-,17-,18+,20?;/m0./s1. The molecule has 0 saturated carbocycles. The van der Waals surface area contributed by atoms with Gasteiger partial charge in [-0.25, -0.2) is 4.42 Å². The van der Waals surface area contributed by atoms with Crippen LogP contribution in [0.4, 0.5) is 0 Å². The monoisotopic (exact) mass is 454 g/mol. The molecule has 4 rings (SSSR count). The highest BCUT2D eigenvalue weighted by molar-refractivity contribution is 5.88. The van der Waals surface area contributed by atoms with E-state index in [-0.39, 0.29) is 64.3 Å². The second-order valence-corrected chi connectivity index (χ2v) is 6.89. The Bertz CT molecular complexity index is 1110. The molecule has 0 radical (unpaired) electrons. The van der Waals surface area contributed by atoms with E-state index in [2.05, 4.69) is 0 Å². The van der Waals surface area contributed by atoms with Crippen molar-refractivity contribution >= 4 is 11.0 Å². The summed E-state index contributed by atoms with van der Waals surface area (Å²) < 4.78 is 16.4. The molecule has 3 aromatic rings. The van der Waals surface area contributed by atoms with Crippen LogP contribution in [0.25, 0.3) is 22.3 Å². The van der Waals surface area contributed by atoms with Gasteiger partial charge in [-0.15, -0.1) is 0 Å². The number of phenolic OH excluding ortho intramolecular Hbond substituents is 3. The van der Waals surface area contributed by atoms with Crippen LogP contribution in [-0.2, 0) is 4.74 Å². The molecule has 0 bridgehead atoms. The van der Waals surface area contributed by atoms with Gasteiger partial charge in [0.2, 0.25) is 12.0 Å². The molecule has 1 unspecified atom stereocenters. The Morgan fingerprint density at radius 1 is 0.871 bits per heavy atom. The molecule has 4 atom stereocenters. The molecule has 2 aromatic carbocycles. The molecule has 0 aliphatic carbocycles. The van der Waals surface area contributed by atoms with Crippen molar-refractivity contribution in [3.63, 3.8) is 0 Å². The first-order chi connectivity index (χ1) is 14.2. The molecule has 10 nitrogen and oxygen atoms in total. The number of halogens is 1. The number of aromatic hydroxyl groups is 4. The zero-order chi connectivity index (χ0) is 21.6. The largest absolute Gasteiger partial charge is 1.00 e. The van der Waals surface area contributed by atoms with Gasteiger partial charge in [0.05, 0.1) is 18.2 Å². The number of ether oxygens (including phenoxy) is 2. The lowest BCUT2D eigenvalue weighted by atomic mass is 10.1. The van der Waals surface area contributed by atoms with Crippen LogP contribution in [0.5, 0.6) is 28.7 Å². The molecule has 11 heteroatoms. The van der Waals surface area contributed by atoms with E-state index in [0.717, 1.165) is 0 Å². The molecular formula is C20H19ClO10. The number of hydrogen-bond acceptors (Lipinski definition) is 9. The summed E-state index contributed by atoms with van der Waals surface area (Å²) >= 11 is 0. The Hall–Kier alpha value is -3.02. The minimum Gasteiger partial charge on any atom is -1.00 e. The van der Waals surface area contributed by atoms with E-state index in [1.165, 1.54) is 36.4 Å². The molecule has 1 aromatic heterocycles. The first kappa shape index (κ1) is 22.7. The summed E-state index contributed by atoms with van der Waals surface area (Å²) in [6.45, 7) is -0.274. The Balaban J connectivity index is 0.00000272. The molecular weight excluding hydrogens is 436 g/mol. The summed E-state index contributed by atoms with van der Waals surface area (Å²) in [5, 5.41) is 69.3. The summed E-state index contributed by atoms with van der Waals surface area (Å²) in [6.07, 6.45) is -5.66. The van der Waals surface area contributed by atoms with Crippen LogP contribution in [-0.4, -0.2) is 67.0 Å². The maximum Gasteiger partial charge on any atom is 0.402 e. The first-order valence-electron chi connectivity index (χ1n) is 8.92. The van der Waals surface area contributed by atoms with Crippen molar-refractivity contribution in [3.8, 4) is 40.1 Å². The van der Waals surface area contributed by atoms with Crippen molar-refractivity contribution in [2.75, 3.05) is 6.61 Å². The van der Waals surface area contributed by atoms with E-state index in [1.807, 2.05) is 0 Å². The SMILES string of the molecule is Oc1cc(OC2OC[C@H](O)[C@H](O)[C@H]2O)c2cc(O)c(-c3ccc(O)c(O)c3)[o+]c2c1.[Cl-]. The molecule has 1 saturated heterocycles. The van der Waals surface area contributed by atoms with E-state index in [4.69, 9.17) is 13.9 Å². The predicted molar refractivity (Wildman–Crippen MR) is 101 cm³/mol. The number of aliphatic hydroxyl groups excluding tert-OH is 3. The highest BCUT2D eigenvalue weighted by atomic mass is 35.5. The molecule has 2 heterocycles. The van der Waals surface area contributed by atoms with Crippen LogP contribution < -0.4 is 17.1 Å². The van der Waals surface area contributed by atoms with Gasteiger partial charge in [-0.2, -0.15) is 0 Å². The topological polar surface area (TPSA) is 171 Å². The van der Waals surface area contributed by atoms with Crippen LogP contribution >= 0.6 is 0 Å². The molecule has 1 fully saturated rings. The summed E-state index contributed by atoms with van der Waals surface area (Å²) in [7, 11) is 0. The van der Waals surface area contributed by atoms with E-state index in [1.54, 1.807) is 0 Å². The third-order valence-corrected chi connectivity index (χ3v) is 4.75. The predicted octanol–water partition coefficient (Wildman–Crippen LogP) is -1.97. The smallest absolute Gasteiger partial charge is 0.402 e. The van der Waals surface area contributed by atoms with Crippen molar-refractivity contribution < 1.29 is 62.0 Å². The van der Waals surface area contributed by atoms with Gasteiger partial charge < -0.3 is 57.6 Å². The third-order valence-electron chi connectivity index (χ3n) is 4.75. The lowest BCUT2D eigenvalue weighted by Crippen LogP contribution is -3.00. The van der Waals surface area contributed by atoms with E-state index < -0.39 is 30.4 Å². The van der Waals surface area contributed by atoms with Gasteiger partial charge in [-0.1, -0.05) is 0 Å². The number of aliphatic hydroxyl groups is 3. The Labute approximate surface area is 181 Å². The zero-order valence-electron chi connectivity index (χ0n) is 15.7. The molecule has 1 aliphatic rings. The van der Waals surface area contributed by atoms with Crippen LogP contribution in [0.15, 0.2) is 40.8 Å². The number of hydrogen-bond donors (Lipinski definition) is 7. The normalized spacial score (nSPS) is 23.3. The summed E-state index contributed by atoms with van der Waals surface area (Å²) in [5.74, 6) is -1.39. The molecule has 0 spiro atoms. The molecule has 7 N–H and O–H groups in total. The summed E-state index contributed by atoms with van der Waals surface area (Å²) in [6, 6.07) is 7.59. The highest BCUT2D eigenvalue weighted by Crippen LogP contribution is 2.41. The van der Waals surface area contributed by atoms with Crippen LogP contribution in [0.2, 0.25) is 0 Å². The molecule has 0 amide bonds. The van der Waals surface area contributed by atoms with Gasteiger partial charge in [0.1, 0.15) is 35.2 Å². The lowest BCUT2D eigenvalue weighted by molar-refractivity contribution is -0.241. The molecule has 166 valence electrons. The third kappa shape index (κ3) is 4.24. The van der Waals surface area contributed by atoms with Crippen molar-refractivity contribution in [2.45, 2.75) is 24.6 Å². The Morgan fingerprint density at radius 3 is 2.32 bits per heavy atom. The molecule has 31 heavy (non-hydrogen) atoms.